The van der Waals surface area contributed by atoms with Gasteiger partial charge in [-0.3, -0.25) is 0 Å². The molecule has 200 valence electrons. The highest BCUT2D eigenvalue weighted by Gasteiger charge is 2.21. The summed E-state index contributed by atoms with van der Waals surface area (Å²) in [5.74, 6) is 0. The molecule has 0 fully saturated rings. The molecule has 9 rings (SSSR count). The van der Waals surface area contributed by atoms with E-state index in [9.17, 15) is 0 Å². The summed E-state index contributed by atoms with van der Waals surface area (Å²) in [5.41, 5.74) is 6.50. The number of hydrogen-bond donors (Lipinski definition) is 0. The Bertz CT molecular complexity index is 2710. The van der Waals surface area contributed by atoms with Crippen LogP contribution in [0.5, 0.6) is 0 Å². The third-order valence-corrected chi connectivity index (χ3v) is 8.52. The summed E-state index contributed by atoms with van der Waals surface area (Å²) in [7, 11) is 0. The molecule has 0 saturated heterocycles. The largest absolute Gasteiger partial charge is 0.455 e. The number of rotatable bonds is 3. The van der Waals surface area contributed by atoms with Crippen LogP contribution < -0.4 is 0 Å². The molecule has 0 N–H and O–H groups in total. The van der Waals surface area contributed by atoms with E-state index in [4.69, 9.17) is 11.3 Å². The van der Waals surface area contributed by atoms with Gasteiger partial charge in [-0.1, -0.05) is 139 Å². The molecule has 0 radical (unpaired) electrons. The van der Waals surface area contributed by atoms with E-state index in [1.165, 1.54) is 0 Å². The van der Waals surface area contributed by atoms with E-state index in [1.807, 2.05) is 60.7 Å². The molecule has 0 aliphatic carbocycles. The molecule has 0 bridgehead atoms. The Morgan fingerprint density at radius 3 is 1.67 bits per heavy atom. The van der Waals surface area contributed by atoms with Crippen LogP contribution in [0.1, 0.15) is 6.85 Å². The summed E-state index contributed by atoms with van der Waals surface area (Å²) >= 11 is 0. The number of fused-ring (bicyclic) bond motifs is 6. The maximum absolute atomic E-state index is 8.77. The minimum absolute atomic E-state index is 0.190. The Morgan fingerprint density at radius 2 is 0.977 bits per heavy atom. The molecule has 0 amide bonds. The van der Waals surface area contributed by atoms with Gasteiger partial charge in [0.25, 0.3) is 0 Å². The van der Waals surface area contributed by atoms with Gasteiger partial charge < -0.3 is 4.42 Å². The second-order valence-electron chi connectivity index (χ2n) is 10.9. The summed E-state index contributed by atoms with van der Waals surface area (Å²) < 4.78 is 49.0. The van der Waals surface area contributed by atoms with Crippen molar-refractivity contribution < 1.29 is 11.3 Å². The summed E-state index contributed by atoms with van der Waals surface area (Å²) in [6, 6.07) is 41.7. The SMILES string of the molecule is [2H]c1c([2H])c([2H])c(-c2cc(-c3c4ccccc4c(-c4cccc5c4oc4ccccc45)c4ccccc34)c3ccccc3c2)c([2H])c1[2H]. The van der Waals surface area contributed by atoms with E-state index in [-0.39, 0.29) is 29.7 Å². The van der Waals surface area contributed by atoms with Crippen molar-refractivity contribution in [1.82, 2.24) is 0 Å². The second-order valence-corrected chi connectivity index (χ2v) is 10.9. The first-order chi connectivity index (χ1) is 23.4. The van der Waals surface area contributed by atoms with Gasteiger partial charge in [-0.25, -0.2) is 0 Å². The van der Waals surface area contributed by atoms with E-state index in [0.29, 0.717) is 5.56 Å². The monoisotopic (exact) mass is 551 g/mol. The van der Waals surface area contributed by atoms with Gasteiger partial charge in [-0.2, -0.15) is 0 Å². The van der Waals surface area contributed by atoms with Gasteiger partial charge in [-0.15, -0.1) is 0 Å². The lowest BCUT2D eigenvalue weighted by molar-refractivity contribution is 0.670. The third-order valence-electron chi connectivity index (χ3n) is 8.52. The standard InChI is InChI=1S/C42H26O/c1-2-13-27(14-3-1)29-25-28-15-4-5-16-30(28)38(26-29)41-34-20-8-6-18-32(34)40(33-19-7-9-21-35(33)41)37-23-12-22-36-31-17-10-11-24-39(31)43-42(36)37/h1-26H/i1D,2D,3D,13D,14D. The van der Waals surface area contributed by atoms with Crippen LogP contribution in [0, 0.1) is 0 Å². The molecule has 0 aliphatic rings. The second kappa shape index (κ2) is 9.44. The Morgan fingerprint density at radius 1 is 0.419 bits per heavy atom. The first-order valence-corrected chi connectivity index (χ1v) is 14.4. The summed E-state index contributed by atoms with van der Waals surface area (Å²) in [6.45, 7) is 0. The predicted octanol–water partition coefficient (Wildman–Crippen LogP) is 12.0. The lowest BCUT2D eigenvalue weighted by atomic mass is 9.83. The number of hydrogen-bond acceptors (Lipinski definition) is 1. The molecular weight excluding hydrogens is 520 g/mol. The van der Waals surface area contributed by atoms with Crippen LogP contribution in [0.25, 0.3) is 87.6 Å². The lowest BCUT2D eigenvalue weighted by Gasteiger charge is -2.19. The van der Waals surface area contributed by atoms with Crippen molar-refractivity contribution >= 4 is 54.3 Å². The van der Waals surface area contributed by atoms with Crippen LogP contribution >= 0.6 is 0 Å². The van der Waals surface area contributed by atoms with E-state index in [1.54, 1.807) is 0 Å². The number of para-hydroxylation sites is 2. The van der Waals surface area contributed by atoms with E-state index in [0.717, 1.165) is 76.5 Å². The van der Waals surface area contributed by atoms with Crippen molar-refractivity contribution in [2.75, 3.05) is 0 Å². The normalized spacial score (nSPS) is 13.3. The Kier molecular flexibility index (Phi) is 4.27. The fraction of sp³-hybridized carbons (Fsp3) is 0. The quantitative estimate of drug-likeness (QED) is 0.199. The minimum atomic E-state index is -0.401. The van der Waals surface area contributed by atoms with Crippen molar-refractivity contribution in [2.24, 2.45) is 0 Å². The first kappa shape index (κ1) is 19.5. The van der Waals surface area contributed by atoms with Crippen LogP contribution in [-0.2, 0) is 0 Å². The molecule has 1 aromatic heterocycles. The molecule has 9 aromatic rings. The molecule has 0 atom stereocenters. The van der Waals surface area contributed by atoms with Gasteiger partial charge in [0.05, 0.1) is 6.85 Å². The number of furan rings is 1. The zero-order valence-corrected chi connectivity index (χ0v) is 23.0. The highest BCUT2D eigenvalue weighted by molar-refractivity contribution is 6.26. The average molecular weight is 552 g/mol. The van der Waals surface area contributed by atoms with Gasteiger partial charge >= 0.3 is 0 Å². The van der Waals surface area contributed by atoms with Gasteiger partial charge in [0.15, 0.2) is 0 Å². The molecule has 0 aliphatic heterocycles. The van der Waals surface area contributed by atoms with Crippen molar-refractivity contribution in [1.29, 1.82) is 0 Å². The molecule has 43 heavy (non-hydrogen) atoms. The van der Waals surface area contributed by atoms with E-state index < -0.39 is 6.04 Å². The fourth-order valence-electron chi connectivity index (χ4n) is 6.71. The zero-order chi connectivity index (χ0) is 32.7. The molecule has 1 nitrogen and oxygen atoms in total. The lowest BCUT2D eigenvalue weighted by Crippen LogP contribution is -1.92. The van der Waals surface area contributed by atoms with Crippen LogP contribution in [0.4, 0.5) is 0 Å². The maximum Gasteiger partial charge on any atom is 0.143 e. The molecule has 0 unspecified atom stereocenters. The predicted molar refractivity (Wildman–Crippen MR) is 183 cm³/mol. The maximum atomic E-state index is 8.77. The first-order valence-electron chi connectivity index (χ1n) is 16.9. The topological polar surface area (TPSA) is 13.1 Å². The van der Waals surface area contributed by atoms with Gasteiger partial charge in [0.2, 0.25) is 0 Å². The molecule has 0 saturated carbocycles. The Labute approximate surface area is 256 Å². The molecule has 0 spiro atoms. The summed E-state index contributed by atoms with van der Waals surface area (Å²) in [4.78, 5) is 0. The minimum Gasteiger partial charge on any atom is -0.455 e. The van der Waals surface area contributed by atoms with Crippen LogP contribution in [0.3, 0.4) is 0 Å². The van der Waals surface area contributed by atoms with Gasteiger partial charge in [-0.05, 0) is 72.8 Å². The smallest absolute Gasteiger partial charge is 0.143 e. The van der Waals surface area contributed by atoms with Crippen molar-refractivity contribution in [3.05, 3.63) is 158 Å². The summed E-state index contributed by atoms with van der Waals surface area (Å²) in [6.07, 6.45) is 0. The van der Waals surface area contributed by atoms with Crippen molar-refractivity contribution in [3.8, 4) is 33.4 Å². The third kappa shape index (κ3) is 3.65. The molecule has 1 heterocycles. The Balaban J connectivity index is 1.43. The molecule has 1 heteroatoms. The fourth-order valence-corrected chi connectivity index (χ4v) is 6.71. The number of benzene rings is 8. The van der Waals surface area contributed by atoms with Crippen LogP contribution in [-0.4, -0.2) is 0 Å². The highest BCUT2D eigenvalue weighted by Crippen LogP contribution is 2.48. The van der Waals surface area contributed by atoms with Crippen LogP contribution in [0.2, 0.25) is 0 Å². The highest BCUT2D eigenvalue weighted by atomic mass is 16.3. The van der Waals surface area contributed by atoms with Crippen molar-refractivity contribution in [2.45, 2.75) is 0 Å². The van der Waals surface area contributed by atoms with Gasteiger partial charge in [0, 0.05) is 21.9 Å². The Hall–Kier alpha value is -5.66. The average Bonchev–Trinajstić information content (AvgIpc) is 3.51. The zero-order valence-electron chi connectivity index (χ0n) is 28.0. The van der Waals surface area contributed by atoms with Gasteiger partial charge in [0.1, 0.15) is 11.2 Å². The van der Waals surface area contributed by atoms with Crippen molar-refractivity contribution in [3.63, 3.8) is 0 Å². The molecule has 8 aromatic carbocycles. The molecular formula is C42H26O. The van der Waals surface area contributed by atoms with E-state index in [2.05, 4.69) is 66.7 Å². The summed E-state index contributed by atoms with van der Waals surface area (Å²) in [5, 5.41) is 8.29. The van der Waals surface area contributed by atoms with E-state index >= 15 is 0 Å². The van der Waals surface area contributed by atoms with Crippen LogP contribution in [0.15, 0.2) is 162 Å².